The van der Waals surface area contributed by atoms with Crippen LogP contribution in [0.25, 0.3) is 0 Å². The van der Waals surface area contributed by atoms with Gasteiger partial charge in [0.15, 0.2) is 5.17 Å². The van der Waals surface area contributed by atoms with Gasteiger partial charge in [-0.1, -0.05) is 56.6 Å². The van der Waals surface area contributed by atoms with Crippen molar-refractivity contribution in [3.8, 4) is 0 Å². The average molecular weight is 533 g/mol. The summed E-state index contributed by atoms with van der Waals surface area (Å²) in [4.78, 5) is 42.1. The number of hydrogen-bond donors (Lipinski definition) is 1. The molecule has 0 atom stereocenters. The van der Waals surface area contributed by atoms with Gasteiger partial charge in [-0.3, -0.25) is 14.7 Å². The van der Waals surface area contributed by atoms with E-state index in [1.54, 1.807) is 13.1 Å². The Morgan fingerprint density at radius 2 is 2.06 bits per heavy atom. The third kappa shape index (κ3) is 7.56. The number of urea groups is 1. The second-order valence-electron chi connectivity index (χ2n) is 9.35. The molecule has 36 heavy (non-hydrogen) atoms. The Morgan fingerprint density at radius 1 is 1.31 bits per heavy atom. The SMILES string of the molecule is CCC/C=N\C(=N/C)N1CCC(CCNC(=O)/N=C2\SCC(=O)N2c2cc(Cl)ccc2C(C)C)CC1. The normalized spacial score (nSPS) is 18.8. The van der Waals surface area contributed by atoms with Crippen LogP contribution in [0.4, 0.5) is 10.5 Å². The first kappa shape index (κ1) is 28.2. The van der Waals surface area contributed by atoms with Gasteiger partial charge < -0.3 is 10.2 Å². The highest BCUT2D eigenvalue weighted by Crippen LogP contribution is 2.35. The summed E-state index contributed by atoms with van der Waals surface area (Å²) in [6.45, 7) is 8.64. The molecular formula is C26H37ClN6O2S. The van der Waals surface area contributed by atoms with Gasteiger partial charge in [0.1, 0.15) is 0 Å². The van der Waals surface area contributed by atoms with Gasteiger partial charge in [-0.15, -0.1) is 0 Å². The summed E-state index contributed by atoms with van der Waals surface area (Å²) in [6.07, 6.45) is 6.95. The van der Waals surface area contributed by atoms with Crippen LogP contribution >= 0.6 is 23.4 Å². The zero-order valence-electron chi connectivity index (χ0n) is 21.7. The smallest absolute Gasteiger partial charge is 0.341 e. The van der Waals surface area contributed by atoms with Gasteiger partial charge in [0, 0.05) is 37.9 Å². The highest BCUT2D eigenvalue weighted by molar-refractivity contribution is 8.15. The van der Waals surface area contributed by atoms with E-state index in [-0.39, 0.29) is 17.6 Å². The molecule has 1 aromatic carbocycles. The van der Waals surface area contributed by atoms with Crippen molar-refractivity contribution in [1.29, 1.82) is 0 Å². The van der Waals surface area contributed by atoms with Gasteiger partial charge in [-0.2, -0.15) is 4.99 Å². The van der Waals surface area contributed by atoms with Gasteiger partial charge in [-0.25, -0.2) is 9.79 Å². The minimum atomic E-state index is -0.423. The molecule has 2 aliphatic rings. The lowest BCUT2D eigenvalue weighted by Crippen LogP contribution is -2.38. The minimum absolute atomic E-state index is 0.100. The van der Waals surface area contributed by atoms with Crippen LogP contribution in [0.15, 0.2) is 33.2 Å². The molecule has 10 heteroatoms. The summed E-state index contributed by atoms with van der Waals surface area (Å²) in [5.74, 6) is 1.68. The Labute approximate surface area is 223 Å². The van der Waals surface area contributed by atoms with Crippen molar-refractivity contribution in [3.05, 3.63) is 28.8 Å². The summed E-state index contributed by atoms with van der Waals surface area (Å²) >= 11 is 7.50. The molecular weight excluding hydrogens is 496 g/mol. The second kappa shape index (κ2) is 13.8. The molecule has 3 rings (SSSR count). The fourth-order valence-corrected chi connectivity index (χ4v) is 5.39. The number of benzene rings is 1. The average Bonchev–Trinajstić information content (AvgIpc) is 3.21. The van der Waals surface area contributed by atoms with Gasteiger partial charge in [0.2, 0.25) is 11.9 Å². The van der Waals surface area contributed by atoms with Crippen molar-refractivity contribution in [2.45, 2.75) is 58.8 Å². The first-order chi connectivity index (χ1) is 17.3. The number of unbranched alkanes of at least 4 members (excludes halogenated alkanes) is 1. The van der Waals surface area contributed by atoms with Gasteiger partial charge in [0.05, 0.1) is 11.4 Å². The topological polar surface area (TPSA) is 89.7 Å². The third-order valence-electron chi connectivity index (χ3n) is 6.37. The third-order valence-corrected chi connectivity index (χ3v) is 7.53. The monoisotopic (exact) mass is 532 g/mol. The van der Waals surface area contributed by atoms with Crippen LogP contribution in [0.5, 0.6) is 0 Å². The number of piperidine rings is 1. The number of thioether (sulfide) groups is 1. The van der Waals surface area contributed by atoms with E-state index in [0.29, 0.717) is 28.3 Å². The molecule has 0 aromatic heterocycles. The minimum Gasteiger partial charge on any atom is -0.341 e. The standard InChI is InChI=1S/C26H37ClN6O2S/c1-5-6-12-29-24(28-4)32-14-10-19(11-15-32)9-13-30-25(35)31-26-33(23(34)17-36-26)22-16-20(27)7-8-21(22)18(2)3/h7-8,12,16,18-19H,5-6,9-11,13-15,17H2,1-4H3,(H,30,35)/b28-24+,29-12-,31-26-. The number of amides is 3. The first-order valence-electron chi connectivity index (χ1n) is 12.7. The molecule has 1 aromatic rings. The van der Waals surface area contributed by atoms with Crippen LogP contribution in [0.3, 0.4) is 0 Å². The van der Waals surface area contributed by atoms with Crippen LogP contribution in [0, 0.1) is 5.92 Å². The molecule has 8 nitrogen and oxygen atoms in total. The predicted molar refractivity (Wildman–Crippen MR) is 152 cm³/mol. The molecule has 2 aliphatic heterocycles. The molecule has 0 unspecified atom stereocenters. The molecule has 0 aliphatic carbocycles. The largest absolute Gasteiger partial charge is 0.343 e. The van der Waals surface area contributed by atoms with E-state index < -0.39 is 6.03 Å². The van der Waals surface area contributed by atoms with Crippen molar-refractivity contribution in [1.82, 2.24) is 10.2 Å². The lowest BCUT2D eigenvalue weighted by atomic mass is 9.94. The number of guanidine groups is 1. The molecule has 2 fully saturated rings. The van der Waals surface area contributed by atoms with Crippen LogP contribution in [0.2, 0.25) is 5.02 Å². The summed E-state index contributed by atoms with van der Waals surface area (Å²) < 4.78 is 0. The molecule has 0 radical (unpaired) electrons. The number of carbonyl (C=O) groups is 2. The van der Waals surface area contributed by atoms with E-state index in [1.807, 2.05) is 18.3 Å². The molecule has 2 saturated heterocycles. The van der Waals surface area contributed by atoms with Gasteiger partial charge in [-0.05, 0) is 55.2 Å². The second-order valence-corrected chi connectivity index (χ2v) is 10.7. The Morgan fingerprint density at radius 3 is 2.72 bits per heavy atom. The molecule has 0 saturated carbocycles. The number of likely N-dealkylation sites (tertiary alicyclic amines) is 1. The number of nitrogens with one attached hydrogen (secondary N) is 1. The van der Waals surface area contributed by atoms with Crippen molar-refractivity contribution in [3.63, 3.8) is 0 Å². The maximum absolute atomic E-state index is 12.7. The van der Waals surface area contributed by atoms with Crippen LogP contribution in [-0.2, 0) is 4.79 Å². The number of carbonyl (C=O) groups excluding carboxylic acids is 2. The maximum Gasteiger partial charge on any atom is 0.343 e. The van der Waals surface area contributed by atoms with Gasteiger partial charge >= 0.3 is 6.03 Å². The van der Waals surface area contributed by atoms with Crippen LogP contribution in [-0.4, -0.2) is 66.6 Å². The predicted octanol–water partition coefficient (Wildman–Crippen LogP) is 5.57. The van der Waals surface area contributed by atoms with E-state index in [0.717, 1.165) is 56.7 Å². The van der Waals surface area contributed by atoms with Crippen molar-refractivity contribution >= 4 is 58.3 Å². The number of aliphatic imine (C=N–C) groups is 3. The number of rotatable bonds is 7. The Hall–Kier alpha value is -2.39. The Kier molecular flexibility index (Phi) is 10.8. The van der Waals surface area contributed by atoms with Crippen molar-refractivity contribution in [2.75, 3.05) is 37.3 Å². The Balaban J connectivity index is 1.53. The Bertz CT molecular complexity index is 1020. The van der Waals surface area contributed by atoms with Crippen molar-refractivity contribution < 1.29 is 9.59 Å². The van der Waals surface area contributed by atoms with E-state index >= 15 is 0 Å². The summed E-state index contributed by atoms with van der Waals surface area (Å²) in [7, 11) is 1.79. The molecule has 1 N–H and O–H groups in total. The van der Waals surface area contributed by atoms with Crippen LogP contribution < -0.4 is 10.2 Å². The zero-order valence-corrected chi connectivity index (χ0v) is 23.2. The van der Waals surface area contributed by atoms with E-state index in [2.05, 4.69) is 46.0 Å². The van der Waals surface area contributed by atoms with Gasteiger partial charge in [0.25, 0.3) is 0 Å². The molecule has 0 bridgehead atoms. The summed E-state index contributed by atoms with van der Waals surface area (Å²) in [5, 5.41) is 3.84. The number of anilines is 1. The van der Waals surface area contributed by atoms with E-state index in [1.165, 1.54) is 16.7 Å². The number of halogens is 1. The molecule has 196 valence electrons. The number of amidine groups is 1. The fourth-order valence-electron chi connectivity index (χ4n) is 4.37. The molecule has 3 amide bonds. The highest BCUT2D eigenvalue weighted by atomic mass is 35.5. The fraction of sp³-hybridized carbons (Fsp3) is 0.577. The molecule has 0 spiro atoms. The number of hydrogen-bond acceptors (Lipinski definition) is 4. The van der Waals surface area contributed by atoms with E-state index in [9.17, 15) is 9.59 Å². The number of nitrogens with zero attached hydrogens (tertiary/aromatic N) is 5. The first-order valence-corrected chi connectivity index (χ1v) is 14.1. The molecule has 2 heterocycles. The zero-order chi connectivity index (χ0) is 26.1. The van der Waals surface area contributed by atoms with Crippen LogP contribution in [0.1, 0.15) is 64.4 Å². The van der Waals surface area contributed by atoms with E-state index in [4.69, 9.17) is 11.6 Å². The maximum atomic E-state index is 12.7. The summed E-state index contributed by atoms with van der Waals surface area (Å²) in [6, 6.07) is 5.09. The quantitative estimate of drug-likeness (QED) is 0.367. The highest BCUT2D eigenvalue weighted by Gasteiger charge is 2.32. The lowest BCUT2D eigenvalue weighted by molar-refractivity contribution is -0.115. The van der Waals surface area contributed by atoms with Crippen molar-refractivity contribution in [2.24, 2.45) is 20.9 Å². The summed E-state index contributed by atoms with van der Waals surface area (Å²) in [5.41, 5.74) is 1.68. The lowest BCUT2D eigenvalue weighted by Gasteiger charge is -2.32.